The molecule has 0 unspecified atom stereocenters. The molecule has 112 valence electrons. The van der Waals surface area contributed by atoms with Gasteiger partial charge in [-0.1, -0.05) is 0 Å². The van der Waals surface area contributed by atoms with Gasteiger partial charge in [0.25, 0.3) is 0 Å². The summed E-state index contributed by atoms with van der Waals surface area (Å²) in [6, 6.07) is 1.53. The molecule has 8 heteroatoms. The molecule has 1 heterocycles. The lowest BCUT2D eigenvalue weighted by atomic mass is 10.2. The number of aromatic nitrogens is 2. The van der Waals surface area contributed by atoms with Crippen molar-refractivity contribution in [2.75, 3.05) is 19.3 Å². The van der Waals surface area contributed by atoms with Crippen LogP contribution in [0.3, 0.4) is 0 Å². The molecule has 0 aliphatic heterocycles. The zero-order valence-corrected chi connectivity index (χ0v) is 12.8. The second kappa shape index (κ2) is 6.17. The highest BCUT2D eigenvalue weighted by Gasteiger charge is 2.23. The van der Waals surface area contributed by atoms with Gasteiger partial charge in [-0.25, -0.2) is 23.2 Å². The zero-order valence-electron chi connectivity index (χ0n) is 12.0. The Bertz CT molecular complexity index is 552. The molecule has 1 rings (SSSR count). The lowest BCUT2D eigenvalue weighted by molar-refractivity contribution is 0.0309. The Morgan fingerprint density at radius 3 is 2.35 bits per heavy atom. The number of ether oxygens (including phenoxy) is 1. The predicted octanol–water partition coefficient (Wildman–Crippen LogP) is 1.12. The molecule has 0 aliphatic carbocycles. The van der Waals surface area contributed by atoms with Gasteiger partial charge in [0.15, 0.2) is 0 Å². The fraction of sp³-hybridized carbons (Fsp3) is 0.583. The van der Waals surface area contributed by atoms with E-state index in [2.05, 4.69) is 9.97 Å². The zero-order chi connectivity index (χ0) is 15.4. The molecule has 0 saturated heterocycles. The minimum atomic E-state index is -3.60. The van der Waals surface area contributed by atoms with Crippen LogP contribution in [0.1, 0.15) is 20.8 Å². The van der Waals surface area contributed by atoms with Crippen LogP contribution in [0.5, 0.6) is 0 Å². The van der Waals surface area contributed by atoms with E-state index in [4.69, 9.17) is 4.74 Å². The number of nitrogens with zero attached hydrogens (tertiary/aromatic N) is 3. The van der Waals surface area contributed by atoms with Gasteiger partial charge >= 0.3 is 6.09 Å². The van der Waals surface area contributed by atoms with Crippen LogP contribution in [-0.4, -0.2) is 54.3 Å². The normalized spacial score (nSPS) is 12.0. The lowest BCUT2D eigenvalue weighted by Crippen LogP contribution is -2.36. The Hall–Kier alpha value is -1.70. The Kier molecular flexibility index (Phi) is 5.04. The number of amides is 1. The first-order chi connectivity index (χ1) is 9.12. The van der Waals surface area contributed by atoms with E-state index in [-0.39, 0.29) is 17.5 Å². The minimum absolute atomic E-state index is 0.00943. The third-order valence-corrected chi connectivity index (χ3v) is 3.71. The van der Waals surface area contributed by atoms with E-state index >= 15 is 0 Å². The van der Waals surface area contributed by atoms with Crippen LogP contribution in [0, 0.1) is 0 Å². The van der Waals surface area contributed by atoms with Crippen molar-refractivity contribution in [1.29, 1.82) is 0 Å². The first kappa shape index (κ1) is 16.4. The fourth-order valence-corrected chi connectivity index (χ4v) is 2.37. The third kappa shape index (κ3) is 5.12. The van der Waals surface area contributed by atoms with Crippen LogP contribution >= 0.6 is 0 Å². The molecule has 0 aromatic carbocycles. The average molecular weight is 301 g/mol. The third-order valence-electron chi connectivity index (χ3n) is 2.22. The summed E-state index contributed by atoms with van der Waals surface area (Å²) in [5.74, 6) is -0.257. The van der Waals surface area contributed by atoms with Crippen molar-refractivity contribution in [3.8, 4) is 0 Å². The minimum Gasteiger partial charge on any atom is -0.444 e. The quantitative estimate of drug-likeness (QED) is 0.774. The molecule has 1 aromatic rings. The monoisotopic (exact) mass is 301 g/mol. The summed E-state index contributed by atoms with van der Waals surface area (Å²) >= 11 is 0. The summed E-state index contributed by atoms with van der Waals surface area (Å²) in [5, 5.41) is -0.238. The first-order valence-electron chi connectivity index (χ1n) is 6.06. The van der Waals surface area contributed by atoms with E-state index in [0.717, 1.165) is 0 Å². The number of rotatable bonds is 4. The van der Waals surface area contributed by atoms with Gasteiger partial charge in [-0.05, 0) is 26.8 Å². The summed E-state index contributed by atoms with van der Waals surface area (Å²) in [5.41, 5.74) is -0.618. The maximum absolute atomic E-state index is 11.9. The summed E-state index contributed by atoms with van der Waals surface area (Å²) < 4.78 is 29.0. The molecule has 20 heavy (non-hydrogen) atoms. The van der Waals surface area contributed by atoms with Crippen molar-refractivity contribution in [1.82, 2.24) is 14.9 Å². The molecule has 0 fully saturated rings. The molecule has 0 N–H and O–H groups in total. The van der Waals surface area contributed by atoms with Gasteiger partial charge < -0.3 is 9.64 Å². The second-order valence-corrected chi connectivity index (χ2v) is 7.26. The van der Waals surface area contributed by atoms with E-state index in [1.807, 2.05) is 0 Å². The number of hydrogen-bond acceptors (Lipinski definition) is 6. The molecule has 0 aliphatic rings. The van der Waals surface area contributed by atoms with Crippen LogP contribution in [-0.2, 0) is 14.6 Å². The standard InChI is InChI=1S/C12H19N3O4S/c1-12(2,3)19-11(16)15(4)8-9-20(17,18)10-13-6-5-7-14-10/h5-7H,8-9H2,1-4H3. The maximum atomic E-state index is 11.9. The Balaban J connectivity index is 2.61. The highest BCUT2D eigenvalue weighted by molar-refractivity contribution is 7.91. The van der Waals surface area contributed by atoms with Crippen LogP contribution in [0.15, 0.2) is 23.6 Å². The molecule has 0 bridgehead atoms. The van der Waals surface area contributed by atoms with Crippen molar-refractivity contribution in [3.05, 3.63) is 18.5 Å². The SMILES string of the molecule is CN(CCS(=O)(=O)c1ncccn1)C(=O)OC(C)(C)C. The number of sulfone groups is 1. The van der Waals surface area contributed by atoms with E-state index < -0.39 is 21.5 Å². The Labute approximate surface area is 118 Å². The van der Waals surface area contributed by atoms with E-state index in [0.29, 0.717) is 0 Å². The van der Waals surface area contributed by atoms with Crippen molar-refractivity contribution < 1.29 is 17.9 Å². The van der Waals surface area contributed by atoms with E-state index in [1.165, 1.54) is 30.4 Å². The number of carbonyl (C=O) groups is 1. The highest BCUT2D eigenvalue weighted by Crippen LogP contribution is 2.10. The average Bonchev–Trinajstić information content (AvgIpc) is 2.35. The Morgan fingerprint density at radius 1 is 1.30 bits per heavy atom. The molecular formula is C12H19N3O4S. The molecule has 1 aromatic heterocycles. The topological polar surface area (TPSA) is 89.5 Å². The molecule has 1 amide bonds. The van der Waals surface area contributed by atoms with Crippen LogP contribution in [0.4, 0.5) is 4.79 Å². The molecule has 7 nitrogen and oxygen atoms in total. The molecule has 0 saturated carbocycles. The van der Waals surface area contributed by atoms with Crippen LogP contribution < -0.4 is 0 Å². The smallest absolute Gasteiger partial charge is 0.410 e. The molecule has 0 radical (unpaired) electrons. The van der Waals surface area contributed by atoms with Crippen molar-refractivity contribution >= 4 is 15.9 Å². The van der Waals surface area contributed by atoms with Gasteiger partial charge in [0, 0.05) is 26.0 Å². The summed E-state index contributed by atoms with van der Waals surface area (Å²) in [6.07, 6.45) is 2.15. The molecule has 0 atom stereocenters. The maximum Gasteiger partial charge on any atom is 0.410 e. The highest BCUT2D eigenvalue weighted by atomic mass is 32.2. The van der Waals surface area contributed by atoms with E-state index in [9.17, 15) is 13.2 Å². The lowest BCUT2D eigenvalue weighted by Gasteiger charge is -2.24. The van der Waals surface area contributed by atoms with Gasteiger partial charge in [-0.2, -0.15) is 0 Å². The van der Waals surface area contributed by atoms with Crippen molar-refractivity contribution in [2.45, 2.75) is 31.5 Å². The second-order valence-electron chi connectivity index (χ2n) is 5.25. The largest absolute Gasteiger partial charge is 0.444 e. The van der Waals surface area contributed by atoms with E-state index in [1.54, 1.807) is 20.8 Å². The summed E-state index contributed by atoms with van der Waals surface area (Å²) in [6.45, 7) is 5.24. The predicted molar refractivity (Wildman–Crippen MR) is 72.9 cm³/mol. The van der Waals surface area contributed by atoms with Crippen molar-refractivity contribution in [2.24, 2.45) is 0 Å². The van der Waals surface area contributed by atoms with Gasteiger partial charge in [-0.3, -0.25) is 0 Å². The molecule has 0 spiro atoms. The van der Waals surface area contributed by atoms with Gasteiger partial charge in [0.05, 0.1) is 5.75 Å². The van der Waals surface area contributed by atoms with Gasteiger partial charge in [0.2, 0.25) is 15.0 Å². The Morgan fingerprint density at radius 2 is 1.85 bits per heavy atom. The summed E-state index contributed by atoms with van der Waals surface area (Å²) in [4.78, 5) is 20.3. The van der Waals surface area contributed by atoms with Gasteiger partial charge in [0.1, 0.15) is 5.60 Å². The number of hydrogen-bond donors (Lipinski definition) is 0. The van der Waals surface area contributed by atoms with Crippen LogP contribution in [0.2, 0.25) is 0 Å². The summed E-state index contributed by atoms with van der Waals surface area (Å²) in [7, 11) is -2.12. The fourth-order valence-electron chi connectivity index (χ4n) is 1.23. The van der Waals surface area contributed by atoms with Crippen LogP contribution in [0.25, 0.3) is 0 Å². The molecular weight excluding hydrogens is 282 g/mol. The van der Waals surface area contributed by atoms with Crippen molar-refractivity contribution in [3.63, 3.8) is 0 Å². The van der Waals surface area contributed by atoms with Gasteiger partial charge in [-0.15, -0.1) is 0 Å². The first-order valence-corrected chi connectivity index (χ1v) is 7.71. The number of carbonyl (C=O) groups excluding carboxylic acids is 1.